The zero-order chi connectivity index (χ0) is 17.8. The van der Waals surface area contributed by atoms with Crippen molar-refractivity contribution in [1.29, 1.82) is 0 Å². The largest absolute Gasteiger partial charge is 0.398 e. The highest BCUT2D eigenvalue weighted by Crippen LogP contribution is 2.32. The van der Waals surface area contributed by atoms with Crippen LogP contribution in [0.3, 0.4) is 0 Å². The Bertz CT molecular complexity index is 801. The molecule has 0 aliphatic carbocycles. The van der Waals surface area contributed by atoms with Crippen LogP contribution in [0.5, 0.6) is 0 Å². The van der Waals surface area contributed by atoms with E-state index in [-0.39, 0.29) is 11.8 Å². The van der Waals surface area contributed by atoms with Crippen molar-refractivity contribution in [2.75, 3.05) is 23.7 Å². The lowest BCUT2D eigenvalue weighted by atomic mass is 9.98. The van der Waals surface area contributed by atoms with Gasteiger partial charge in [-0.2, -0.15) is 0 Å². The van der Waals surface area contributed by atoms with Crippen molar-refractivity contribution in [2.24, 2.45) is 0 Å². The zero-order valence-corrected chi connectivity index (χ0v) is 14.4. The number of fused-ring (bicyclic) bond motifs is 1. The molecule has 0 saturated heterocycles. The van der Waals surface area contributed by atoms with Gasteiger partial charge in [0.05, 0.1) is 0 Å². The van der Waals surface area contributed by atoms with Gasteiger partial charge in [0.2, 0.25) is 0 Å². The van der Waals surface area contributed by atoms with Crippen LogP contribution in [0.25, 0.3) is 0 Å². The van der Waals surface area contributed by atoms with Gasteiger partial charge in [-0.1, -0.05) is 19.1 Å². The fraction of sp³-hybridized carbons (Fsp3) is 0.300. The van der Waals surface area contributed by atoms with E-state index in [2.05, 4.69) is 5.32 Å². The lowest BCUT2D eigenvalue weighted by Gasteiger charge is -2.30. The fourth-order valence-electron chi connectivity index (χ4n) is 3.15. The molecule has 2 amide bonds. The summed E-state index contributed by atoms with van der Waals surface area (Å²) in [4.78, 5) is 26.9. The molecule has 3 rings (SSSR count). The highest BCUT2D eigenvalue weighted by atomic mass is 16.2. The first-order chi connectivity index (χ1) is 12.1. The molecule has 0 unspecified atom stereocenters. The molecule has 130 valence electrons. The van der Waals surface area contributed by atoms with Gasteiger partial charge in [-0.15, -0.1) is 0 Å². The van der Waals surface area contributed by atoms with Crippen LogP contribution in [0.4, 0.5) is 11.4 Å². The number of nitrogens with two attached hydrogens (primary N) is 1. The third kappa shape index (κ3) is 3.50. The van der Waals surface area contributed by atoms with Gasteiger partial charge in [0.25, 0.3) is 11.8 Å². The molecule has 25 heavy (non-hydrogen) atoms. The molecule has 1 heterocycles. The lowest BCUT2D eigenvalue weighted by molar-refractivity contribution is 0.0953. The summed E-state index contributed by atoms with van der Waals surface area (Å²) in [5.41, 5.74) is 9.70. The van der Waals surface area contributed by atoms with E-state index in [1.54, 1.807) is 29.2 Å². The summed E-state index contributed by atoms with van der Waals surface area (Å²) >= 11 is 0. The molecule has 0 aromatic heterocycles. The van der Waals surface area contributed by atoms with Crippen LogP contribution in [-0.4, -0.2) is 24.9 Å². The minimum atomic E-state index is -0.153. The molecule has 0 radical (unpaired) electrons. The van der Waals surface area contributed by atoms with E-state index >= 15 is 0 Å². The van der Waals surface area contributed by atoms with Gasteiger partial charge in [0.1, 0.15) is 0 Å². The highest BCUT2D eigenvalue weighted by molar-refractivity contribution is 6.08. The second kappa shape index (κ2) is 7.38. The van der Waals surface area contributed by atoms with E-state index in [1.807, 2.05) is 25.1 Å². The molecule has 5 heteroatoms. The van der Waals surface area contributed by atoms with E-state index in [0.717, 1.165) is 36.2 Å². The summed E-state index contributed by atoms with van der Waals surface area (Å²) in [6.45, 7) is 3.27. The summed E-state index contributed by atoms with van der Waals surface area (Å²) in [7, 11) is 0. The number of nitrogens with one attached hydrogen (secondary N) is 1. The van der Waals surface area contributed by atoms with E-state index in [0.29, 0.717) is 24.2 Å². The molecular formula is C20H23N3O2. The standard InChI is InChI=1S/C20H23N3O2/c1-2-11-22-19(24)14-6-3-7-15(13-14)20(25)23-12-5-8-16-17(21)9-4-10-18(16)23/h3-4,6-7,9-10,13H,2,5,8,11-12,21H2,1H3,(H,22,24). The van der Waals surface area contributed by atoms with Gasteiger partial charge in [-0.05, 0) is 55.2 Å². The summed E-state index contributed by atoms with van der Waals surface area (Å²) in [6, 6.07) is 12.6. The molecule has 3 N–H and O–H groups in total. The van der Waals surface area contributed by atoms with Gasteiger partial charge in [-0.3, -0.25) is 9.59 Å². The Morgan fingerprint density at radius 2 is 1.92 bits per heavy atom. The number of hydrogen-bond donors (Lipinski definition) is 2. The Balaban J connectivity index is 1.88. The number of rotatable bonds is 4. The molecule has 2 aromatic carbocycles. The minimum Gasteiger partial charge on any atom is -0.398 e. The topological polar surface area (TPSA) is 75.4 Å². The van der Waals surface area contributed by atoms with Crippen molar-refractivity contribution in [3.05, 3.63) is 59.2 Å². The monoisotopic (exact) mass is 337 g/mol. The highest BCUT2D eigenvalue weighted by Gasteiger charge is 2.25. The number of benzene rings is 2. The summed E-state index contributed by atoms with van der Waals surface area (Å²) in [5, 5.41) is 2.84. The number of hydrogen-bond acceptors (Lipinski definition) is 3. The van der Waals surface area contributed by atoms with Crippen LogP contribution in [-0.2, 0) is 6.42 Å². The summed E-state index contributed by atoms with van der Waals surface area (Å²) < 4.78 is 0. The molecule has 0 fully saturated rings. The van der Waals surface area contributed by atoms with Crippen molar-refractivity contribution in [3.63, 3.8) is 0 Å². The van der Waals surface area contributed by atoms with Gasteiger partial charge >= 0.3 is 0 Å². The van der Waals surface area contributed by atoms with E-state index < -0.39 is 0 Å². The normalized spacial score (nSPS) is 13.2. The molecule has 1 aliphatic rings. The number of carbonyl (C=O) groups excluding carboxylic acids is 2. The Kier molecular flexibility index (Phi) is 5.03. The first kappa shape index (κ1) is 17.0. The predicted molar refractivity (Wildman–Crippen MR) is 99.9 cm³/mol. The van der Waals surface area contributed by atoms with Crippen molar-refractivity contribution in [3.8, 4) is 0 Å². The molecular weight excluding hydrogens is 314 g/mol. The first-order valence-corrected chi connectivity index (χ1v) is 8.69. The van der Waals surface area contributed by atoms with Gasteiger partial charge < -0.3 is 16.0 Å². The van der Waals surface area contributed by atoms with Crippen LogP contribution in [0, 0.1) is 0 Å². The lowest BCUT2D eigenvalue weighted by Crippen LogP contribution is -2.36. The first-order valence-electron chi connectivity index (χ1n) is 8.69. The maximum absolute atomic E-state index is 13.0. The van der Waals surface area contributed by atoms with Crippen molar-refractivity contribution >= 4 is 23.2 Å². The third-order valence-corrected chi connectivity index (χ3v) is 4.44. The Labute approximate surface area is 147 Å². The van der Waals surface area contributed by atoms with Crippen molar-refractivity contribution < 1.29 is 9.59 Å². The fourth-order valence-corrected chi connectivity index (χ4v) is 3.15. The smallest absolute Gasteiger partial charge is 0.258 e. The Hall–Kier alpha value is -2.82. The quantitative estimate of drug-likeness (QED) is 0.842. The van der Waals surface area contributed by atoms with Crippen LogP contribution in [0.2, 0.25) is 0 Å². The van der Waals surface area contributed by atoms with Crippen LogP contribution >= 0.6 is 0 Å². The Morgan fingerprint density at radius 1 is 1.16 bits per heavy atom. The second-order valence-corrected chi connectivity index (χ2v) is 6.24. The van der Waals surface area contributed by atoms with Crippen LogP contribution in [0.15, 0.2) is 42.5 Å². The number of carbonyl (C=O) groups is 2. The number of nitrogens with zero attached hydrogens (tertiary/aromatic N) is 1. The minimum absolute atomic E-state index is 0.100. The number of amides is 2. The van der Waals surface area contributed by atoms with E-state index in [1.165, 1.54) is 0 Å². The molecule has 0 bridgehead atoms. The maximum Gasteiger partial charge on any atom is 0.258 e. The molecule has 5 nitrogen and oxygen atoms in total. The van der Waals surface area contributed by atoms with E-state index in [9.17, 15) is 9.59 Å². The predicted octanol–water partition coefficient (Wildman–Crippen LogP) is 3.00. The third-order valence-electron chi connectivity index (χ3n) is 4.44. The second-order valence-electron chi connectivity index (χ2n) is 6.24. The molecule has 2 aromatic rings. The zero-order valence-electron chi connectivity index (χ0n) is 14.4. The summed E-state index contributed by atoms with van der Waals surface area (Å²) in [5.74, 6) is -0.253. The SMILES string of the molecule is CCCNC(=O)c1cccc(C(=O)N2CCCc3c(N)cccc32)c1. The van der Waals surface area contributed by atoms with Crippen molar-refractivity contribution in [1.82, 2.24) is 5.32 Å². The molecule has 1 aliphatic heterocycles. The molecule has 0 saturated carbocycles. The Morgan fingerprint density at radius 3 is 2.72 bits per heavy atom. The van der Waals surface area contributed by atoms with Crippen molar-refractivity contribution in [2.45, 2.75) is 26.2 Å². The van der Waals surface area contributed by atoms with E-state index in [4.69, 9.17) is 5.73 Å². The summed E-state index contributed by atoms with van der Waals surface area (Å²) in [6.07, 6.45) is 2.63. The van der Waals surface area contributed by atoms with Crippen LogP contribution in [0.1, 0.15) is 46.0 Å². The number of nitrogen functional groups attached to an aromatic ring is 1. The molecule has 0 atom stereocenters. The average Bonchev–Trinajstić information content (AvgIpc) is 2.65. The van der Waals surface area contributed by atoms with Gasteiger partial charge in [0.15, 0.2) is 0 Å². The number of anilines is 2. The van der Waals surface area contributed by atoms with Gasteiger partial charge in [0, 0.05) is 35.6 Å². The average molecular weight is 337 g/mol. The molecule has 0 spiro atoms. The van der Waals surface area contributed by atoms with Gasteiger partial charge in [-0.25, -0.2) is 0 Å². The van der Waals surface area contributed by atoms with Crippen LogP contribution < -0.4 is 16.0 Å². The maximum atomic E-state index is 13.0.